The van der Waals surface area contributed by atoms with Crippen LogP contribution in [-0.4, -0.2) is 57.4 Å². The van der Waals surface area contributed by atoms with Crippen molar-refractivity contribution in [2.24, 2.45) is 0 Å². The zero-order chi connectivity index (χ0) is 26.2. The Labute approximate surface area is 219 Å². The van der Waals surface area contributed by atoms with Crippen LogP contribution in [0.4, 0.5) is 10.1 Å². The summed E-state index contributed by atoms with van der Waals surface area (Å²) in [5.74, 6) is -0.165. The van der Waals surface area contributed by atoms with Gasteiger partial charge in [0.1, 0.15) is 17.3 Å². The first-order valence-electron chi connectivity index (χ1n) is 12.4. The van der Waals surface area contributed by atoms with Gasteiger partial charge in [0, 0.05) is 46.8 Å². The molecule has 0 amide bonds. The minimum Gasteiger partial charge on any atom is -0.506 e. The molecule has 0 unspecified atom stereocenters. The van der Waals surface area contributed by atoms with E-state index in [4.69, 9.17) is 0 Å². The molecule has 0 saturated carbocycles. The molecule has 3 heterocycles. The van der Waals surface area contributed by atoms with Crippen LogP contribution in [0.15, 0.2) is 79.1 Å². The number of hydrogen-bond donors (Lipinski definition) is 4. The zero-order valence-corrected chi connectivity index (χ0v) is 21.1. The predicted molar refractivity (Wildman–Crippen MR) is 151 cm³/mol. The van der Waals surface area contributed by atoms with Gasteiger partial charge >= 0.3 is 0 Å². The Balaban J connectivity index is 1.40. The number of hydrogen-bond acceptors (Lipinski definition) is 5. The van der Waals surface area contributed by atoms with Crippen LogP contribution in [0.25, 0.3) is 55.4 Å². The van der Waals surface area contributed by atoms with E-state index in [1.54, 1.807) is 18.3 Å². The molecule has 0 aliphatic rings. The molecule has 0 atom stereocenters. The Morgan fingerprint density at radius 1 is 0.895 bits per heavy atom. The zero-order valence-electron chi connectivity index (χ0n) is 21.1. The smallest absolute Gasteiger partial charge is 0.134 e. The van der Waals surface area contributed by atoms with Gasteiger partial charge in [-0.1, -0.05) is 18.2 Å². The predicted octanol–water partition coefficient (Wildman–Crippen LogP) is 6.26. The van der Waals surface area contributed by atoms with Crippen molar-refractivity contribution in [1.29, 1.82) is 0 Å². The number of aromatic amines is 2. The highest BCUT2D eigenvalue weighted by Crippen LogP contribution is 2.36. The lowest BCUT2D eigenvalue weighted by Crippen LogP contribution is -2.20. The molecule has 3 aromatic heterocycles. The van der Waals surface area contributed by atoms with Gasteiger partial charge in [-0.25, -0.2) is 4.39 Å². The van der Waals surface area contributed by atoms with Crippen LogP contribution >= 0.6 is 0 Å². The van der Waals surface area contributed by atoms with Crippen LogP contribution in [0.2, 0.25) is 0 Å². The van der Waals surface area contributed by atoms with E-state index in [1.165, 1.54) is 12.3 Å². The average molecular weight is 507 g/mol. The van der Waals surface area contributed by atoms with Crippen molar-refractivity contribution in [2.75, 3.05) is 32.5 Å². The van der Waals surface area contributed by atoms with Gasteiger partial charge in [0.15, 0.2) is 0 Å². The van der Waals surface area contributed by atoms with Gasteiger partial charge in [-0.3, -0.25) is 10.1 Å². The molecule has 0 aliphatic carbocycles. The third-order valence-electron chi connectivity index (χ3n) is 6.64. The minimum atomic E-state index is -0.283. The van der Waals surface area contributed by atoms with E-state index in [2.05, 4.69) is 36.4 Å². The van der Waals surface area contributed by atoms with E-state index < -0.39 is 0 Å². The second kappa shape index (κ2) is 9.64. The molecule has 0 saturated heterocycles. The highest BCUT2D eigenvalue weighted by molar-refractivity contribution is 6.02. The first-order chi connectivity index (χ1) is 18.4. The second-order valence-electron chi connectivity index (χ2n) is 9.67. The number of nitrogens with zero attached hydrogens (tertiary/aromatic N) is 3. The molecule has 3 aromatic carbocycles. The van der Waals surface area contributed by atoms with Crippen molar-refractivity contribution in [2.45, 2.75) is 0 Å². The van der Waals surface area contributed by atoms with Gasteiger partial charge in [-0.05, 0) is 79.3 Å². The molecular formula is C30H27FN6O. The third kappa shape index (κ3) is 4.57. The number of nitrogens with one attached hydrogen (secondary N) is 3. The number of halogens is 1. The number of aromatic hydroxyl groups is 1. The lowest BCUT2D eigenvalue weighted by atomic mass is 10.0. The molecule has 7 nitrogen and oxygen atoms in total. The number of anilines is 1. The molecule has 0 radical (unpaired) electrons. The molecule has 6 rings (SSSR count). The monoisotopic (exact) mass is 506 g/mol. The third-order valence-corrected chi connectivity index (χ3v) is 6.64. The number of H-pyrrole nitrogens is 2. The fourth-order valence-electron chi connectivity index (χ4n) is 4.79. The van der Waals surface area contributed by atoms with Crippen molar-refractivity contribution in [3.05, 3.63) is 84.9 Å². The van der Waals surface area contributed by atoms with Crippen molar-refractivity contribution in [3.8, 4) is 39.4 Å². The maximum absolute atomic E-state index is 14.6. The van der Waals surface area contributed by atoms with Gasteiger partial charge < -0.3 is 20.3 Å². The van der Waals surface area contributed by atoms with Gasteiger partial charge in [0.25, 0.3) is 0 Å². The van der Waals surface area contributed by atoms with E-state index in [-0.39, 0.29) is 11.6 Å². The minimum absolute atomic E-state index is 0.117. The quantitative estimate of drug-likeness (QED) is 0.205. The molecule has 0 spiro atoms. The lowest BCUT2D eigenvalue weighted by Gasteiger charge is -2.13. The standard InChI is InChI=1S/C30H27FN6O/c1-37(2)9-8-33-22-11-19(10-21(31)14-22)24-4-3-5-27-25(24)15-29(34-27)30-26-13-18(6-7-28(26)35-36-30)20-12-23(38)17-32-16-20/h3-7,10-17,33-34,38H,8-9H2,1-2H3,(H,35,36). The summed E-state index contributed by atoms with van der Waals surface area (Å²) in [4.78, 5) is 9.68. The van der Waals surface area contributed by atoms with Crippen molar-refractivity contribution in [1.82, 2.24) is 25.1 Å². The highest BCUT2D eigenvalue weighted by atomic mass is 19.1. The first kappa shape index (κ1) is 23.7. The summed E-state index contributed by atoms with van der Waals surface area (Å²) in [6.45, 7) is 1.57. The van der Waals surface area contributed by atoms with Crippen molar-refractivity contribution < 1.29 is 9.50 Å². The van der Waals surface area contributed by atoms with Gasteiger partial charge in [0.05, 0.1) is 17.4 Å². The number of rotatable bonds is 7. The molecule has 4 N–H and O–H groups in total. The van der Waals surface area contributed by atoms with E-state index in [1.807, 2.05) is 56.6 Å². The lowest BCUT2D eigenvalue weighted by molar-refractivity contribution is 0.425. The summed E-state index contributed by atoms with van der Waals surface area (Å²) in [6.07, 6.45) is 3.13. The Bertz CT molecular complexity index is 1770. The number of likely N-dealkylation sites (N-methyl/N-ethyl adjacent to an activating group) is 1. The highest BCUT2D eigenvalue weighted by Gasteiger charge is 2.15. The van der Waals surface area contributed by atoms with E-state index in [9.17, 15) is 9.50 Å². The fraction of sp³-hybridized carbons (Fsp3) is 0.133. The van der Waals surface area contributed by atoms with Crippen LogP contribution in [0.3, 0.4) is 0 Å². The summed E-state index contributed by atoms with van der Waals surface area (Å²) in [6, 6.07) is 20.8. The molecule has 0 fully saturated rings. The topological polar surface area (TPSA) is 92.9 Å². The van der Waals surface area contributed by atoms with Crippen LogP contribution < -0.4 is 5.32 Å². The van der Waals surface area contributed by atoms with Crippen LogP contribution in [0, 0.1) is 5.82 Å². The Morgan fingerprint density at radius 2 is 1.79 bits per heavy atom. The molecule has 190 valence electrons. The Morgan fingerprint density at radius 3 is 2.63 bits per heavy atom. The molecule has 0 aliphatic heterocycles. The number of benzene rings is 3. The molecule has 0 bridgehead atoms. The van der Waals surface area contributed by atoms with E-state index >= 15 is 0 Å². The maximum atomic E-state index is 14.6. The van der Waals surface area contributed by atoms with Crippen molar-refractivity contribution >= 4 is 27.5 Å². The van der Waals surface area contributed by atoms with E-state index in [0.717, 1.165) is 74.2 Å². The molecule has 38 heavy (non-hydrogen) atoms. The summed E-state index contributed by atoms with van der Waals surface area (Å²) in [5.41, 5.74) is 7.71. The number of fused-ring (bicyclic) bond motifs is 2. The summed E-state index contributed by atoms with van der Waals surface area (Å²) in [5, 5.41) is 22.8. The molecule has 8 heteroatoms. The van der Waals surface area contributed by atoms with Crippen LogP contribution in [-0.2, 0) is 0 Å². The summed E-state index contributed by atoms with van der Waals surface area (Å²) in [7, 11) is 4.02. The van der Waals surface area contributed by atoms with Gasteiger partial charge in [-0.2, -0.15) is 5.10 Å². The van der Waals surface area contributed by atoms with Crippen LogP contribution in [0.1, 0.15) is 0 Å². The molecule has 6 aromatic rings. The normalized spacial score (nSPS) is 11.6. The van der Waals surface area contributed by atoms with E-state index in [0.29, 0.717) is 0 Å². The first-order valence-corrected chi connectivity index (χ1v) is 12.4. The van der Waals surface area contributed by atoms with Crippen LogP contribution in [0.5, 0.6) is 5.75 Å². The largest absolute Gasteiger partial charge is 0.506 e. The Hall–Kier alpha value is -4.69. The fourth-order valence-corrected chi connectivity index (χ4v) is 4.79. The number of aromatic nitrogens is 4. The second-order valence-corrected chi connectivity index (χ2v) is 9.67. The SMILES string of the molecule is CN(C)CCNc1cc(F)cc(-c2cccc3[nH]c(-c4n[nH]c5ccc(-c6cncc(O)c6)cc45)cc23)c1. The van der Waals surface area contributed by atoms with Crippen molar-refractivity contribution in [3.63, 3.8) is 0 Å². The summed E-state index contributed by atoms with van der Waals surface area (Å²) >= 11 is 0. The molecular weight excluding hydrogens is 479 g/mol. The van der Waals surface area contributed by atoms with Gasteiger partial charge in [0.2, 0.25) is 0 Å². The van der Waals surface area contributed by atoms with Gasteiger partial charge in [-0.15, -0.1) is 0 Å². The Kier molecular flexibility index (Phi) is 6.01. The summed E-state index contributed by atoms with van der Waals surface area (Å²) < 4.78 is 14.6. The number of pyridine rings is 1. The average Bonchev–Trinajstić information content (AvgIpc) is 3.51. The maximum Gasteiger partial charge on any atom is 0.134 e.